The van der Waals surface area contributed by atoms with Crippen molar-refractivity contribution in [1.82, 2.24) is 0 Å². The molecule has 0 bridgehead atoms. The van der Waals surface area contributed by atoms with Crippen LogP contribution < -0.4 is 0 Å². The molecule has 0 aromatic heterocycles. The van der Waals surface area contributed by atoms with E-state index in [1.54, 1.807) is 0 Å². The van der Waals surface area contributed by atoms with E-state index in [9.17, 15) is 14.4 Å². The van der Waals surface area contributed by atoms with E-state index in [4.69, 9.17) is 14.2 Å². The zero-order chi connectivity index (χ0) is 43.7. The number of hydrogen-bond acceptors (Lipinski definition) is 6. The van der Waals surface area contributed by atoms with Gasteiger partial charge in [0.05, 0.1) is 0 Å². The Morgan fingerprint density at radius 1 is 0.367 bits per heavy atom. The maximum Gasteiger partial charge on any atom is 0.306 e. The Labute approximate surface area is 368 Å². The van der Waals surface area contributed by atoms with Crippen molar-refractivity contribution >= 4 is 17.9 Å². The fraction of sp³-hybridized carbons (Fsp3) is 0.648. The molecular formula is C54H88O6. The molecule has 0 fully saturated rings. The predicted octanol–water partition coefficient (Wildman–Crippen LogP) is 15.8. The average molecular weight is 833 g/mol. The summed E-state index contributed by atoms with van der Waals surface area (Å²) in [5.41, 5.74) is 0. The molecule has 0 aliphatic carbocycles. The summed E-state index contributed by atoms with van der Waals surface area (Å²) in [6.45, 7) is 6.28. The van der Waals surface area contributed by atoms with E-state index in [1.165, 1.54) is 44.9 Å². The Morgan fingerprint density at radius 2 is 0.733 bits per heavy atom. The van der Waals surface area contributed by atoms with Gasteiger partial charge in [-0.15, -0.1) is 0 Å². The molecule has 0 saturated heterocycles. The molecule has 0 N–H and O–H groups in total. The van der Waals surface area contributed by atoms with Crippen molar-refractivity contribution in [3.8, 4) is 0 Å². The van der Waals surface area contributed by atoms with Crippen LogP contribution in [-0.4, -0.2) is 37.2 Å². The summed E-state index contributed by atoms with van der Waals surface area (Å²) in [5, 5.41) is 0. The van der Waals surface area contributed by atoms with Crippen LogP contribution in [0.2, 0.25) is 0 Å². The second-order valence-electron chi connectivity index (χ2n) is 15.7. The molecule has 0 aliphatic heterocycles. The largest absolute Gasteiger partial charge is 0.462 e. The number of carbonyl (C=O) groups is 3. The lowest BCUT2D eigenvalue weighted by atomic mass is 10.1. The number of ether oxygens (including phenoxy) is 3. The first kappa shape index (κ1) is 56.3. The number of carbonyl (C=O) groups excluding carboxylic acids is 3. The molecule has 340 valence electrons. The van der Waals surface area contributed by atoms with E-state index in [0.29, 0.717) is 19.3 Å². The zero-order valence-electron chi connectivity index (χ0n) is 38.7. The van der Waals surface area contributed by atoms with E-state index in [-0.39, 0.29) is 31.1 Å². The number of rotatable bonds is 42. The van der Waals surface area contributed by atoms with E-state index in [1.807, 2.05) is 0 Å². The highest BCUT2D eigenvalue weighted by molar-refractivity contribution is 5.71. The molecule has 6 nitrogen and oxygen atoms in total. The van der Waals surface area contributed by atoms with Crippen LogP contribution in [0, 0.1) is 0 Å². The topological polar surface area (TPSA) is 78.9 Å². The van der Waals surface area contributed by atoms with Gasteiger partial charge in [-0.2, -0.15) is 0 Å². The van der Waals surface area contributed by atoms with Gasteiger partial charge in [-0.05, 0) is 89.9 Å². The maximum atomic E-state index is 12.8. The lowest BCUT2D eigenvalue weighted by Gasteiger charge is -2.18. The van der Waals surface area contributed by atoms with Gasteiger partial charge in [-0.25, -0.2) is 0 Å². The van der Waals surface area contributed by atoms with Crippen LogP contribution in [0.3, 0.4) is 0 Å². The van der Waals surface area contributed by atoms with Crippen molar-refractivity contribution in [3.63, 3.8) is 0 Å². The molecule has 6 heteroatoms. The first-order chi connectivity index (χ1) is 29.5. The number of hydrogen-bond donors (Lipinski definition) is 0. The highest BCUT2D eigenvalue weighted by Gasteiger charge is 2.19. The third-order valence-corrected chi connectivity index (χ3v) is 9.89. The fourth-order valence-electron chi connectivity index (χ4n) is 6.26. The van der Waals surface area contributed by atoms with Gasteiger partial charge in [0.25, 0.3) is 0 Å². The highest BCUT2D eigenvalue weighted by Crippen LogP contribution is 2.13. The Hall–Kier alpha value is -3.67. The summed E-state index contributed by atoms with van der Waals surface area (Å²) in [4.78, 5) is 37.9. The van der Waals surface area contributed by atoms with Gasteiger partial charge < -0.3 is 14.2 Å². The molecule has 0 radical (unpaired) electrons. The minimum Gasteiger partial charge on any atom is -0.462 e. The summed E-state index contributed by atoms with van der Waals surface area (Å²) < 4.78 is 16.7. The van der Waals surface area contributed by atoms with Crippen LogP contribution in [0.25, 0.3) is 0 Å². The van der Waals surface area contributed by atoms with Gasteiger partial charge >= 0.3 is 17.9 Å². The van der Waals surface area contributed by atoms with Crippen molar-refractivity contribution in [2.75, 3.05) is 13.2 Å². The minimum atomic E-state index is -0.800. The maximum absolute atomic E-state index is 12.8. The van der Waals surface area contributed by atoms with Crippen LogP contribution in [0.15, 0.2) is 97.2 Å². The first-order valence-corrected chi connectivity index (χ1v) is 24.3. The second kappa shape index (κ2) is 48.0. The lowest BCUT2D eigenvalue weighted by molar-refractivity contribution is -0.167. The van der Waals surface area contributed by atoms with E-state index in [2.05, 4.69) is 118 Å². The van der Waals surface area contributed by atoms with Crippen molar-refractivity contribution in [2.24, 2.45) is 0 Å². The monoisotopic (exact) mass is 833 g/mol. The van der Waals surface area contributed by atoms with Gasteiger partial charge in [-0.3, -0.25) is 14.4 Å². The van der Waals surface area contributed by atoms with Crippen molar-refractivity contribution in [3.05, 3.63) is 97.2 Å². The summed E-state index contributed by atoms with van der Waals surface area (Å²) in [6.07, 6.45) is 62.4. The van der Waals surface area contributed by atoms with Gasteiger partial charge in [0, 0.05) is 19.3 Å². The third-order valence-electron chi connectivity index (χ3n) is 9.89. The van der Waals surface area contributed by atoms with Gasteiger partial charge in [0.15, 0.2) is 6.10 Å². The van der Waals surface area contributed by atoms with Crippen LogP contribution >= 0.6 is 0 Å². The Morgan fingerprint density at radius 3 is 1.23 bits per heavy atom. The van der Waals surface area contributed by atoms with Crippen molar-refractivity contribution < 1.29 is 28.6 Å². The molecule has 0 rings (SSSR count). The molecule has 0 spiro atoms. The predicted molar refractivity (Wildman–Crippen MR) is 256 cm³/mol. The van der Waals surface area contributed by atoms with E-state index in [0.717, 1.165) is 122 Å². The molecule has 0 aromatic rings. The average Bonchev–Trinajstić information content (AvgIpc) is 3.24. The van der Waals surface area contributed by atoms with Gasteiger partial charge in [0.2, 0.25) is 0 Å². The smallest absolute Gasteiger partial charge is 0.306 e. The molecule has 0 heterocycles. The molecule has 60 heavy (non-hydrogen) atoms. The number of allylic oxidation sites excluding steroid dienone is 16. The quantitative estimate of drug-likeness (QED) is 0.0200. The van der Waals surface area contributed by atoms with Crippen LogP contribution in [0.5, 0.6) is 0 Å². The lowest BCUT2D eigenvalue weighted by Crippen LogP contribution is -2.30. The van der Waals surface area contributed by atoms with Gasteiger partial charge in [0.1, 0.15) is 13.2 Å². The Bertz CT molecular complexity index is 1230. The molecule has 0 aromatic carbocycles. The molecule has 1 atom stereocenters. The second-order valence-corrected chi connectivity index (χ2v) is 15.7. The molecular weight excluding hydrogens is 745 g/mol. The Kier molecular flexibility index (Phi) is 45.1. The fourth-order valence-corrected chi connectivity index (χ4v) is 6.26. The zero-order valence-corrected chi connectivity index (χ0v) is 38.7. The Balaban J connectivity index is 4.46. The third kappa shape index (κ3) is 45.4. The van der Waals surface area contributed by atoms with Crippen LogP contribution in [0.4, 0.5) is 0 Å². The summed E-state index contributed by atoms with van der Waals surface area (Å²) >= 11 is 0. The molecule has 0 saturated carbocycles. The van der Waals surface area contributed by atoms with Crippen molar-refractivity contribution in [1.29, 1.82) is 0 Å². The van der Waals surface area contributed by atoms with Crippen LogP contribution in [0.1, 0.15) is 207 Å². The first-order valence-electron chi connectivity index (χ1n) is 24.3. The summed E-state index contributed by atoms with van der Waals surface area (Å²) in [7, 11) is 0. The number of esters is 3. The molecule has 0 aliphatic rings. The summed E-state index contributed by atoms with van der Waals surface area (Å²) in [5.74, 6) is -0.959. The standard InChI is InChI=1S/C54H88O6/c1-4-7-10-13-16-19-22-24-26-28-29-32-35-38-41-44-47-53(56)59-50-51(49-58-52(55)46-43-40-37-34-31-21-18-15-12-9-6-3)60-54(57)48-45-42-39-36-33-30-27-25-23-20-17-14-11-8-5-2/h7-8,10-11,14-21,23-24,26,31,51H,4-6,9,12-13,22,25,27-30,32-50H2,1-3H3/b10-7-,11-8-,17-14-,18-15-,19-16-,23-20-,26-24-,31-21-. The van der Waals surface area contributed by atoms with Crippen molar-refractivity contribution in [2.45, 2.75) is 213 Å². The normalized spacial score (nSPS) is 12.9. The number of unbranched alkanes of at least 4 members (excludes halogenated alkanes) is 18. The SMILES string of the molecule is CC\C=C/C=C\C=C/CCCCCCCCCC(=O)OC(COC(=O)CCCCC/C=C\C=C/CCCC)COC(=O)CCCCCCCC/C=C\C/C=C\C/C=C\CC. The van der Waals surface area contributed by atoms with E-state index >= 15 is 0 Å². The molecule has 0 amide bonds. The molecule has 1 unspecified atom stereocenters. The minimum absolute atomic E-state index is 0.0995. The summed E-state index contributed by atoms with van der Waals surface area (Å²) in [6, 6.07) is 0. The van der Waals surface area contributed by atoms with Crippen LogP contribution in [-0.2, 0) is 28.6 Å². The van der Waals surface area contributed by atoms with Gasteiger partial charge in [-0.1, -0.05) is 195 Å². The van der Waals surface area contributed by atoms with E-state index < -0.39 is 6.10 Å². The highest BCUT2D eigenvalue weighted by atomic mass is 16.6.